The molecule has 0 spiro atoms. The van der Waals surface area contributed by atoms with Crippen LogP contribution in [0, 0.1) is 5.82 Å². The molecule has 0 unspecified atom stereocenters. The van der Waals surface area contributed by atoms with Crippen LogP contribution in [0.4, 0.5) is 10.1 Å². The number of nitrogens with two attached hydrogens (primary N) is 1. The van der Waals surface area contributed by atoms with Crippen LogP contribution >= 0.6 is 0 Å². The normalized spacial score (nSPS) is 23.8. The molecule has 1 aromatic rings. The predicted molar refractivity (Wildman–Crippen MR) is 61.9 cm³/mol. The van der Waals surface area contributed by atoms with Crippen LogP contribution in [0.1, 0.15) is 20.8 Å². The molecule has 2 N–H and O–H groups in total. The molecular weight excluding hydrogens is 208 g/mol. The second kappa shape index (κ2) is 3.75. The molecule has 0 amide bonds. The second-order valence-electron chi connectivity index (χ2n) is 4.65. The summed E-state index contributed by atoms with van der Waals surface area (Å²) >= 11 is 0. The molecule has 0 aromatic heterocycles. The third kappa shape index (κ3) is 2.06. The topological polar surface area (TPSA) is 44.5 Å². The van der Waals surface area contributed by atoms with Crippen LogP contribution in [-0.4, -0.2) is 18.8 Å². The van der Waals surface area contributed by atoms with Gasteiger partial charge >= 0.3 is 7.12 Å². The number of hydrogen-bond acceptors (Lipinski definition) is 3. The summed E-state index contributed by atoms with van der Waals surface area (Å²) in [6.07, 6.45) is -0.0398. The highest BCUT2D eigenvalue weighted by Crippen LogP contribution is 2.27. The van der Waals surface area contributed by atoms with E-state index in [1.807, 2.05) is 20.8 Å². The fourth-order valence-corrected chi connectivity index (χ4v) is 1.67. The van der Waals surface area contributed by atoms with Crippen molar-refractivity contribution >= 4 is 18.3 Å². The van der Waals surface area contributed by atoms with Crippen molar-refractivity contribution in [3.05, 3.63) is 24.0 Å². The highest BCUT2D eigenvalue weighted by Gasteiger charge is 2.43. The minimum Gasteiger partial charge on any atom is -0.402 e. The van der Waals surface area contributed by atoms with E-state index in [4.69, 9.17) is 15.0 Å². The Morgan fingerprint density at radius 3 is 2.56 bits per heavy atom. The van der Waals surface area contributed by atoms with Crippen LogP contribution in [0.15, 0.2) is 18.2 Å². The standard InChI is InChI=1S/C11H15BFNO2/c1-7-11(2,3)16-12(15-7)8-4-9(13)6-10(14)5-8/h4-7H,14H2,1-3H3/t7-/m0/s1. The van der Waals surface area contributed by atoms with Gasteiger partial charge in [-0.25, -0.2) is 4.39 Å². The summed E-state index contributed by atoms with van der Waals surface area (Å²) in [6, 6.07) is 4.32. The van der Waals surface area contributed by atoms with Crippen LogP contribution in [0.25, 0.3) is 0 Å². The maximum absolute atomic E-state index is 13.2. The van der Waals surface area contributed by atoms with E-state index in [1.54, 1.807) is 6.07 Å². The van der Waals surface area contributed by atoms with Crippen LogP contribution in [0.2, 0.25) is 0 Å². The van der Waals surface area contributed by atoms with Gasteiger partial charge in [0.2, 0.25) is 0 Å². The third-order valence-corrected chi connectivity index (χ3v) is 2.93. The first kappa shape index (κ1) is 11.4. The average Bonchev–Trinajstić information content (AvgIpc) is 2.40. The molecule has 0 saturated carbocycles. The van der Waals surface area contributed by atoms with E-state index >= 15 is 0 Å². The molecule has 1 aliphatic rings. The average molecular weight is 223 g/mol. The lowest BCUT2D eigenvalue weighted by molar-refractivity contribution is 0.0842. The van der Waals surface area contributed by atoms with Gasteiger partial charge in [-0.1, -0.05) is 0 Å². The Bertz CT molecular complexity index is 391. The Hall–Kier alpha value is -1.07. The zero-order valence-corrected chi connectivity index (χ0v) is 9.66. The molecule has 1 atom stereocenters. The first-order chi connectivity index (χ1) is 7.38. The van der Waals surface area contributed by atoms with Gasteiger partial charge in [0.15, 0.2) is 0 Å². The summed E-state index contributed by atoms with van der Waals surface area (Å²) < 4.78 is 24.5. The van der Waals surface area contributed by atoms with Gasteiger partial charge in [0.1, 0.15) is 5.82 Å². The largest absolute Gasteiger partial charge is 0.494 e. The second-order valence-corrected chi connectivity index (χ2v) is 4.65. The summed E-state index contributed by atoms with van der Waals surface area (Å²) in [5.74, 6) is -0.375. The fourth-order valence-electron chi connectivity index (χ4n) is 1.67. The quantitative estimate of drug-likeness (QED) is 0.576. The highest BCUT2D eigenvalue weighted by atomic mass is 19.1. The molecule has 1 aliphatic heterocycles. The van der Waals surface area contributed by atoms with Crippen molar-refractivity contribution in [3.8, 4) is 0 Å². The summed E-state index contributed by atoms with van der Waals surface area (Å²) in [5.41, 5.74) is 6.20. The van der Waals surface area contributed by atoms with Gasteiger partial charge in [-0.05, 0) is 44.4 Å². The molecule has 16 heavy (non-hydrogen) atoms. The molecule has 0 aliphatic carbocycles. The van der Waals surface area contributed by atoms with E-state index in [-0.39, 0.29) is 17.5 Å². The fraction of sp³-hybridized carbons (Fsp3) is 0.455. The Kier molecular flexibility index (Phi) is 2.68. The van der Waals surface area contributed by atoms with Crippen LogP contribution < -0.4 is 11.2 Å². The molecule has 1 aromatic carbocycles. The lowest BCUT2D eigenvalue weighted by atomic mass is 9.79. The van der Waals surface area contributed by atoms with Gasteiger partial charge in [0.05, 0.1) is 11.7 Å². The maximum Gasteiger partial charge on any atom is 0.494 e. The monoisotopic (exact) mass is 223 g/mol. The molecule has 0 radical (unpaired) electrons. The number of nitrogen functional groups attached to an aromatic ring is 1. The molecule has 1 saturated heterocycles. The van der Waals surface area contributed by atoms with Crippen molar-refractivity contribution in [1.29, 1.82) is 0 Å². The number of anilines is 1. The first-order valence-electron chi connectivity index (χ1n) is 5.28. The van der Waals surface area contributed by atoms with Crippen LogP contribution in [0.5, 0.6) is 0 Å². The Balaban J connectivity index is 2.27. The zero-order valence-electron chi connectivity index (χ0n) is 9.66. The predicted octanol–water partition coefficient (Wildman–Crippen LogP) is 1.32. The minimum atomic E-state index is -0.539. The maximum atomic E-state index is 13.2. The van der Waals surface area contributed by atoms with E-state index in [0.29, 0.717) is 11.2 Å². The third-order valence-electron chi connectivity index (χ3n) is 2.93. The molecule has 1 fully saturated rings. The van der Waals surface area contributed by atoms with E-state index in [2.05, 4.69) is 0 Å². The lowest BCUT2D eigenvalue weighted by Gasteiger charge is -2.21. The van der Waals surface area contributed by atoms with E-state index in [9.17, 15) is 4.39 Å². The van der Waals surface area contributed by atoms with Gasteiger partial charge < -0.3 is 15.0 Å². The minimum absolute atomic E-state index is 0.0398. The van der Waals surface area contributed by atoms with E-state index in [1.165, 1.54) is 12.1 Å². The molecule has 5 heteroatoms. The van der Waals surface area contributed by atoms with Crippen molar-refractivity contribution in [3.63, 3.8) is 0 Å². The molecule has 1 heterocycles. The van der Waals surface area contributed by atoms with Gasteiger partial charge in [-0.15, -0.1) is 0 Å². The lowest BCUT2D eigenvalue weighted by Crippen LogP contribution is -2.35. The summed E-state index contributed by atoms with van der Waals surface area (Å²) in [7, 11) is -0.539. The number of hydrogen-bond donors (Lipinski definition) is 1. The Labute approximate surface area is 94.9 Å². The van der Waals surface area contributed by atoms with Crippen molar-refractivity contribution in [2.75, 3.05) is 5.73 Å². The van der Waals surface area contributed by atoms with E-state index in [0.717, 1.165) is 0 Å². The molecule has 86 valence electrons. The van der Waals surface area contributed by atoms with Crippen molar-refractivity contribution in [1.82, 2.24) is 0 Å². The number of benzene rings is 1. The zero-order chi connectivity index (χ0) is 11.9. The van der Waals surface area contributed by atoms with Gasteiger partial charge in [-0.3, -0.25) is 0 Å². The molecular formula is C11H15BFNO2. The molecule has 2 rings (SSSR count). The highest BCUT2D eigenvalue weighted by molar-refractivity contribution is 6.62. The molecule has 3 nitrogen and oxygen atoms in total. The summed E-state index contributed by atoms with van der Waals surface area (Å²) in [6.45, 7) is 5.82. The van der Waals surface area contributed by atoms with Crippen LogP contribution in [-0.2, 0) is 9.31 Å². The van der Waals surface area contributed by atoms with Crippen LogP contribution in [0.3, 0.4) is 0 Å². The number of halogens is 1. The Morgan fingerprint density at radius 1 is 1.38 bits per heavy atom. The Morgan fingerprint density at radius 2 is 2.06 bits per heavy atom. The van der Waals surface area contributed by atoms with Gasteiger partial charge in [0.25, 0.3) is 0 Å². The van der Waals surface area contributed by atoms with Gasteiger partial charge in [-0.2, -0.15) is 0 Å². The van der Waals surface area contributed by atoms with Crippen molar-refractivity contribution in [2.45, 2.75) is 32.5 Å². The summed E-state index contributed by atoms with van der Waals surface area (Å²) in [4.78, 5) is 0. The molecule has 0 bridgehead atoms. The summed E-state index contributed by atoms with van der Waals surface area (Å²) in [5, 5.41) is 0. The number of rotatable bonds is 1. The van der Waals surface area contributed by atoms with Crippen molar-refractivity contribution < 1.29 is 13.7 Å². The van der Waals surface area contributed by atoms with E-state index < -0.39 is 7.12 Å². The van der Waals surface area contributed by atoms with Gasteiger partial charge in [0, 0.05) is 5.69 Å². The smallest absolute Gasteiger partial charge is 0.402 e. The van der Waals surface area contributed by atoms with Crippen molar-refractivity contribution in [2.24, 2.45) is 0 Å². The first-order valence-corrected chi connectivity index (χ1v) is 5.28. The SMILES string of the molecule is C[C@@H]1OB(c2cc(N)cc(F)c2)OC1(C)C.